The van der Waals surface area contributed by atoms with Gasteiger partial charge in [0, 0.05) is 19.3 Å². The van der Waals surface area contributed by atoms with Gasteiger partial charge in [-0.3, -0.25) is 9.78 Å². The molecule has 0 atom stereocenters. The molecule has 5 heteroatoms. The molecule has 0 saturated carbocycles. The molecule has 2 aliphatic rings. The number of hydrazine groups is 1. The van der Waals surface area contributed by atoms with Gasteiger partial charge in [-0.2, -0.15) is 0 Å². The van der Waals surface area contributed by atoms with Crippen molar-refractivity contribution in [1.82, 2.24) is 15.4 Å². The summed E-state index contributed by atoms with van der Waals surface area (Å²) in [4.78, 5) is 15.5. The highest BCUT2D eigenvalue weighted by Gasteiger charge is 2.23. The summed E-state index contributed by atoms with van der Waals surface area (Å²) in [7, 11) is 0. The predicted octanol–water partition coefficient (Wildman–Crippen LogP) is 4.20. The van der Waals surface area contributed by atoms with Gasteiger partial charge in [-0.1, -0.05) is 13.8 Å². The standard InChI is InChI=1S/C19H25N3O2.C2H6/c1-3-22-18(8-9-21-22)16-7-5-4-6-15(16)13-24-19-11-20-10-14(2)17(19)12-23;1-2/h8,10-12,21H,3-7,9,13H2,1-2H3;1-2H3. The van der Waals surface area contributed by atoms with Crippen molar-refractivity contribution < 1.29 is 9.53 Å². The van der Waals surface area contributed by atoms with Crippen LogP contribution in [0.25, 0.3) is 0 Å². The smallest absolute Gasteiger partial charge is 0.154 e. The van der Waals surface area contributed by atoms with Crippen LogP contribution in [-0.4, -0.2) is 36.0 Å². The number of rotatable bonds is 6. The lowest BCUT2D eigenvalue weighted by Crippen LogP contribution is -2.32. The third-order valence-electron chi connectivity index (χ3n) is 4.75. The van der Waals surface area contributed by atoms with Gasteiger partial charge in [0.15, 0.2) is 6.29 Å². The molecule has 1 aliphatic heterocycles. The van der Waals surface area contributed by atoms with Crippen LogP contribution in [0, 0.1) is 6.92 Å². The van der Waals surface area contributed by atoms with Crippen molar-refractivity contribution in [2.45, 2.75) is 53.4 Å². The van der Waals surface area contributed by atoms with Crippen LogP contribution in [0.2, 0.25) is 0 Å². The van der Waals surface area contributed by atoms with Crippen LogP contribution in [0.15, 0.2) is 35.3 Å². The van der Waals surface area contributed by atoms with Gasteiger partial charge < -0.3 is 9.75 Å². The minimum atomic E-state index is 0.524. The van der Waals surface area contributed by atoms with E-state index in [9.17, 15) is 4.79 Å². The van der Waals surface area contributed by atoms with Gasteiger partial charge in [0.2, 0.25) is 0 Å². The zero-order valence-corrected chi connectivity index (χ0v) is 16.5. The number of nitrogens with zero attached hydrogens (tertiary/aromatic N) is 2. The lowest BCUT2D eigenvalue weighted by molar-refractivity contribution is 0.111. The van der Waals surface area contributed by atoms with E-state index in [-0.39, 0.29) is 0 Å². The van der Waals surface area contributed by atoms with Gasteiger partial charge in [0.25, 0.3) is 0 Å². The van der Waals surface area contributed by atoms with Crippen LogP contribution in [0.5, 0.6) is 5.75 Å². The summed E-state index contributed by atoms with van der Waals surface area (Å²) in [6.45, 7) is 10.4. The second-order valence-corrected chi connectivity index (χ2v) is 6.26. The number of hydrogen-bond donors (Lipinski definition) is 1. The van der Waals surface area contributed by atoms with Crippen molar-refractivity contribution in [2.75, 3.05) is 19.7 Å². The minimum absolute atomic E-state index is 0.524. The van der Waals surface area contributed by atoms with Crippen LogP contribution in [0.4, 0.5) is 0 Å². The Morgan fingerprint density at radius 2 is 2.04 bits per heavy atom. The van der Waals surface area contributed by atoms with Crippen molar-refractivity contribution in [2.24, 2.45) is 0 Å². The molecule has 0 bridgehead atoms. The summed E-state index contributed by atoms with van der Waals surface area (Å²) in [6.07, 6.45) is 11.0. The highest BCUT2D eigenvalue weighted by atomic mass is 16.5. The Labute approximate surface area is 157 Å². The predicted molar refractivity (Wildman–Crippen MR) is 105 cm³/mol. The first-order chi connectivity index (χ1) is 12.7. The largest absolute Gasteiger partial charge is 0.487 e. The number of likely N-dealkylation sites (N-methyl/N-ethyl adjacent to an activating group) is 1. The lowest BCUT2D eigenvalue weighted by Gasteiger charge is -2.27. The molecule has 1 N–H and O–H groups in total. The van der Waals surface area contributed by atoms with Gasteiger partial charge >= 0.3 is 0 Å². The molecule has 0 saturated heterocycles. The van der Waals surface area contributed by atoms with Crippen molar-refractivity contribution in [3.63, 3.8) is 0 Å². The Hall–Kier alpha value is -2.14. The molecule has 0 amide bonds. The maximum atomic E-state index is 11.3. The summed E-state index contributed by atoms with van der Waals surface area (Å²) >= 11 is 0. The molecule has 3 rings (SSSR count). The molecule has 5 nitrogen and oxygen atoms in total. The molecule has 1 aromatic rings. The summed E-state index contributed by atoms with van der Waals surface area (Å²) in [5.74, 6) is 0.577. The molecule has 0 radical (unpaired) electrons. The Bertz CT molecular complexity index is 680. The molecule has 2 heterocycles. The van der Waals surface area contributed by atoms with E-state index in [2.05, 4.69) is 28.4 Å². The lowest BCUT2D eigenvalue weighted by atomic mass is 9.90. The van der Waals surface area contributed by atoms with Gasteiger partial charge in [-0.05, 0) is 62.3 Å². The van der Waals surface area contributed by atoms with Gasteiger partial charge in [0.05, 0.1) is 17.5 Å². The van der Waals surface area contributed by atoms with E-state index in [0.29, 0.717) is 17.9 Å². The molecule has 1 aromatic heterocycles. The Balaban J connectivity index is 0.00000117. The highest BCUT2D eigenvalue weighted by Crippen LogP contribution is 2.33. The molecule has 26 heavy (non-hydrogen) atoms. The number of ether oxygens (including phenoxy) is 1. The molecule has 0 spiro atoms. The molecule has 0 unspecified atom stereocenters. The van der Waals surface area contributed by atoms with Gasteiger partial charge in [0.1, 0.15) is 12.4 Å². The number of pyridine rings is 1. The van der Waals surface area contributed by atoms with Crippen LogP contribution >= 0.6 is 0 Å². The fourth-order valence-corrected chi connectivity index (χ4v) is 3.43. The van der Waals surface area contributed by atoms with Gasteiger partial charge in [-0.25, -0.2) is 5.43 Å². The molecular weight excluding hydrogens is 326 g/mol. The Morgan fingerprint density at radius 1 is 1.27 bits per heavy atom. The number of carbonyl (C=O) groups excluding carboxylic acids is 1. The average Bonchev–Trinajstić information content (AvgIpc) is 3.17. The minimum Gasteiger partial charge on any atom is -0.487 e. The third-order valence-corrected chi connectivity index (χ3v) is 4.75. The zero-order valence-electron chi connectivity index (χ0n) is 16.5. The summed E-state index contributed by atoms with van der Waals surface area (Å²) in [5, 5.41) is 2.21. The number of carbonyl (C=O) groups is 1. The SMILES string of the molecule is CC.CCN1NCC=C1C1=C(COc2cncc(C)c2C=O)CCCC1. The maximum Gasteiger partial charge on any atom is 0.154 e. The zero-order chi connectivity index (χ0) is 18.9. The number of aryl methyl sites for hydroxylation is 1. The second kappa shape index (κ2) is 10.1. The number of aromatic nitrogens is 1. The number of hydrogen-bond acceptors (Lipinski definition) is 5. The van der Waals surface area contributed by atoms with Crippen LogP contribution in [-0.2, 0) is 0 Å². The Kier molecular flexibility index (Phi) is 7.85. The van der Waals surface area contributed by atoms with Crippen molar-refractivity contribution >= 4 is 6.29 Å². The fourth-order valence-electron chi connectivity index (χ4n) is 3.43. The normalized spacial score (nSPS) is 16.8. The van der Waals surface area contributed by atoms with E-state index in [0.717, 1.165) is 37.8 Å². The van der Waals surface area contributed by atoms with E-state index in [4.69, 9.17) is 4.74 Å². The van der Waals surface area contributed by atoms with Crippen molar-refractivity contribution in [1.29, 1.82) is 0 Å². The van der Waals surface area contributed by atoms with E-state index < -0.39 is 0 Å². The first kappa shape index (κ1) is 20.2. The quantitative estimate of drug-likeness (QED) is 0.773. The van der Waals surface area contributed by atoms with Crippen LogP contribution in [0.1, 0.15) is 62.4 Å². The second-order valence-electron chi connectivity index (χ2n) is 6.26. The van der Waals surface area contributed by atoms with Crippen LogP contribution in [0.3, 0.4) is 0 Å². The topological polar surface area (TPSA) is 54.5 Å². The molecular formula is C21H31N3O2. The molecule has 1 aliphatic carbocycles. The summed E-state index contributed by atoms with van der Waals surface area (Å²) in [6, 6.07) is 0. The van der Waals surface area contributed by atoms with Crippen LogP contribution < -0.4 is 10.2 Å². The number of nitrogens with one attached hydrogen (secondary N) is 1. The van der Waals surface area contributed by atoms with Crippen molar-refractivity contribution in [3.8, 4) is 5.75 Å². The highest BCUT2D eigenvalue weighted by molar-refractivity contribution is 5.81. The molecule has 0 aromatic carbocycles. The first-order valence-electron chi connectivity index (χ1n) is 9.69. The summed E-state index contributed by atoms with van der Waals surface area (Å²) in [5.41, 5.74) is 8.87. The number of aldehydes is 1. The van der Waals surface area contributed by atoms with E-state index >= 15 is 0 Å². The van der Waals surface area contributed by atoms with Crippen molar-refractivity contribution in [3.05, 3.63) is 46.4 Å². The monoisotopic (exact) mass is 357 g/mol. The molecule has 0 fully saturated rings. The van der Waals surface area contributed by atoms with Gasteiger partial charge in [-0.15, -0.1) is 0 Å². The Morgan fingerprint density at radius 3 is 2.77 bits per heavy atom. The fraction of sp³-hybridized carbons (Fsp3) is 0.524. The average molecular weight is 357 g/mol. The first-order valence-corrected chi connectivity index (χ1v) is 9.69. The van der Waals surface area contributed by atoms with E-state index in [1.165, 1.54) is 29.7 Å². The molecule has 142 valence electrons. The van der Waals surface area contributed by atoms with E-state index in [1.54, 1.807) is 12.4 Å². The van der Waals surface area contributed by atoms with E-state index in [1.807, 2.05) is 20.8 Å². The summed E-state index contributed by atoms with van der Waals surface area (Å²) < 4.78 is 5.99. The third kappa shape index (κ3) is 4.52. The number of allylic oxidation sites excluding steroid dienone is 1. The maximum absolute atomic E-state index is 11.3.